The number of nitrogens with two attached hydrogens (primary N) is 1. The second-order valence-electron chi connectivity index (χ2n) is 4.47. The maximum atomic E-state index is 12.4. The first-order valence-electron chi connectivity index (χ1n) is 7.01. The van der Waals surface area contributed by atoms with Gasteiger partial charge < -0.3 is 11.1 Å². The van der Waals surface area contributed by atoms with E-state index in [1.165, 1.54) is 0 Å². The molecule has 0 heterocycles. The van der Waals surface area contributed by atoms with Gasteiger partial charge in [-0.25, -0.2) is 0 Å². The van der Waals surface area contributed by atoms with Gasteiger partial charge in [0.2, 0.25) is 5.91 Å². The van der Waals surface area contributed by atoms with E-state index in [4.69, 9.17) is 5.73 Å². The van der Waals surface area contributed by atoms with E-state index in [0.717, 1.165) is 25.1 Å². The minimum Gasteiger partial charge on any atom is -0.354 e. The molecule has 122 valence electrons. The molecule has 0 spiro atoms. The van der Waals surface area contributed by atoms with Crippen LogP contribution in [0.3, 0.4) is 0 Å². The van der Waals surface area contributed by atoms with Gasteiger partial charge in [-0.15, -0.1) is 24.8 Å². The summed E-state index contributed by atoms with van der Waals surface area (Å²) in [7, 11) is 0. The van der Waals surface area contributed by atoms with Crippen LogP contribution in [0.2, 0.25) is 0 Å². The van der Waals surface area contributed by atoms with E-state index >= 15 is 0 Å². The molecule has 0 saturated carbocycles. The van der Waals surface area contributed by atoms with Gasteiger partial charge in [0.05, 0.1) is 0 Å². The van der Waals surface area contributed by atoms with E-state index in [1.807, 2.05) is 30.3 Å². The van der Waals surface area contributed by atoms with Crippen molar-refractivity contribution in [1.29, 1.82) is 0 Å². The fourth-order valence-electron chi connectivity index (χ4n) is 2.16. The Morgan fingerprint density at radius 2 is 1.76 bits per heavy atom. The lowest BCUT2D eigenvalue weighted by Gasteiger charge is -2.29. The van der Waals surface area contributed by atoms with E-state index in [9.17, 15) is 4.79 Å². The molecule has 1 aromatic rings. The van der Waals surface area contributed by atoms with E-state index in [-0.39, 0.29) is 36.8 Å². The fraction of sp³-hybridized carbons (Fsp3) is 0.533. The van der Waals surface area contributed by atoms with Crippen LogP contribution in [0.4, 0.5) is 0 Å². The summed E-state index contributed by atoms with van der Waals surface area (Å²) < 4.78 is 0. The number of nitrogens with one attached hydrogen (secondary N) is 1. The molecule has 0 radical (unpaired) electrons. The molecule has 1 rings (SSSR count). The van der Waals surface area contributed by atoms with Crippen molar-refractivity contribution in [2.45, 2.75) is 26.3 Å². The topological polar surface area (TPSA) is 58.4 Å². The largest absolute Gasteiger partial charge is 0.354 e. The Bertz CT molecular complexity index is 372. The molecule has 3 N–H and O–H groups in total. The highest BCUT2D eigenvalue weighted by Crippen LogP contribution is 2.20. The number of carbonyl (C=O) groups excluding carboxylic acids is 1. The van der Waals surface area contributed by atoms with Crippen molar-refractivity contribution in [2.75, 3.05) is 26.2 Å². The number of hydrogen-bond donors (Lipinski definition) is 2. The molecule has 1 aromatic carbocycles. The number of nitrogens with zero attached hydrogens (tertiary/aromatic N) is 1. The predicted octanol–water partition coefficient (Wildman–Crippen LogP) is 2.38. The van der Waals surface area contributed by atoms with E-state index in [0.29, 0.717) is 13.1 Å². The van der Waals surface area contributed by atoms with Gasteiger partial charge in [-0.1, -0.05) is 44.2 Å². The van der Waals surface area contributed by atoms with Crippen LogP contribution in [0.25, 0.3) is 0 Å². The summed E-state index contributed by atoms with van der Waals surface area (Å²) in [6.07, 6.45) is 0.811. The Hall–Kier alpha value is -0.810. The highest BCUT2D eigenvalue weighted by molar-refractivity contribution is 5.85. The Morgan fingerprint density at radius 1 is 1.19 bits per heavy atom. The Morgan fingerprint density at radius 3 is 2.24 bits per heavy atom. The smallest absolute Gasteiger partial charge is 0.241 e. The van der Waals surface area contributed by atoms with Gasteiger partial charge in [0, 0.05) is 6.54 Å². The summed E-state index contributed by atoms with van der Waals surface area (Å²) in [5.41, 5.74) is 6.49. The summed E-state index contributed by atoms with van der Waals surface area (Å²) in [5.74, 6) is 0.0587. The van der Waals surface area contributed by atoms with Gasteiger partial charge in [-0.05, 0) is 31.6 Å². The minimum absolute atomic E-state index is 0. The third-order valence-corrected chi connectivity index (χ3v) is 3.22. The first-order chi connectivity index (χ1) is 9.24. The lowest BCUT2D eigenvalue weighted by Crippen LogP contribution is -2.41. The number of rotatable bonds is 8. The highest BCUT2D eigenvalue weighted by atomic mass is 35.5. The molecule has 1 unspecified atom stereocenters. The Labute approximate surface area is 140 Å². The quantitative estimate of drug-likeness (QED) is 0.717. The van der Waals surface area contributed by atoms with Crippen LogP contribution >= 0.6 is 24.8 Å². The van der Waals surface area contributed by atoms with Gasteiger partial charge in [-0.2, -0.15) is 0 Å². The summed E-state index contributed by atoms with van der Waals surface area (Å²) >= 11 is 0. The summed E-state index contributed by atoms with van der Waals surface area (Å²) in [5, 5.41) is 2.97. The standard InChI is InChI=1S/C15H25N3O.2ClH/c1-3-18(4-2)14(13-9-6-5-7-10-13)15(19)17-12-8-11-16;;/h5-7,9-10,14H,3-4,8,11-12,16H2,1-2H3,(H,17,19);2*1H. The van der Waals surface area contributed by atoms with Gasteiger partial charge in [0.1, 0.15) is 6.04 Å². The van der Waals surface area contributed by atoms with Crippen LogP contribution in [-0.4, -0.2) is 37.0 Å². The summed E-state index contributed by atoms with van der Waals surface area (Å²) in [6.45, 7) is 7.08. The first kappa shape index (κ1) is 22.5. The molecule has 1 amide bonds. The number of amides is 1. The van der Waals surface area contributed by atoms with Crippen molar-refractivity contribution >= 4 is 30.7 Å². The zero-order valence-electron chi connectivity index (χ0n) is 12.7. The van der Waals surface area contributed by atoms with Crippen molar-refractivity contribution in [2.24, 2.45) is 5.73 Å². The molecule has 0 fully saturated rings. The first-order valence-corrected chi connectivity index (χ1v) is 7.01. The Balaban J connectivity index is 0. The lowest BCUT2D eigenvalue weighted by molar-refractivity contribution is -0.126. The Kier molecular flexibility index (Phi) is 13.8. The normalized spacial score (nSPS) is 11.2. The van der Waals surface area contributed by atoms with Crippen LogP contribution < -0.4 is 11.1 Å². The van der Waals surface area contributed by atoms with Gasteiger partial charge in [0.15, 0.2) is 0 Å². The molecule has 1 atom stereocenters. The van der Waals surface area contributed by atoms with Crippen LogP contribution in [0.1, 0.15) is 31.9 Å². The van der Waals surface area contributed by atoms with Crippen molar-refractivity contribution in [3.63, 3.8) is 0 Å². The zero-order valence-corrected chi connectivity index (χ0v) is 14.4. The fourth-order valence-corrected chi connectivity index (χ4v) is 2.16. The number of hydrogen-bond acceptors (Lipinski definition) is 3. The number of likely N-dealkylation sites (N-methyl/N-ethyl adjacent to an activating group) is 1. The maximum Gasteiger partial charge on any atom is 0.241 e. The van der Waals surface area contributed by atoms with Crippen LogP contribution in [0.15, 0.2) is 30.3 Å². The molecule has 0 bridgehead atoms. The SMILES string of the molecule is CCN(CC)C(C(=O)NCCCN)c1ccccc1.Cl.Cl. The molecule has 0 aliphatic rings. The molecule has 0 aromatic heterocycles. The molecular formula is C15H27Cl2N3O. The average molecular weight is 336 g/mol. The van der Waals surface area contributed by atoms with Crippen molar-refractivity contribution in [3.8, 4) is 0 Å². The van der Waals surface area contributed by atoms with E-state index in [1.54, 1.807) is 0 Å². The monoisotopic (exact) mass is 335 g/mol. The second kappa shape index (κ2) is 12.9. The van der Waals surface area contributed by atoms with Crippen LogP contribution in [-0.2, 0) is 4.79 Å². The van der Waals surface area contributed by atoms with Crippen molar-refractivity contribution in [1.82, 2.24) is 10.2 Å². The van der Waals surface area contributed by atoms with Crippen LogP contribution in [0, 0.1) is 0 Å². The zero-order chi connectivity index (χ0) is 14.1. The molecule has 0 aliphatic heterocycles. The predicted molar refractivity (Wildman–Crippen MR) is 93.3 cm³/mol. The maximum absolute atomic E-state index is 12.4. The molecule has 21 heavy (non-hydrogen) atoms. The molecular weight excluding hydrogens is 309 g/mol. The number of halogens is 2. The van der Waals surface area contributed by atoms with E-state index in [2.05, 4.69) is 24.1 Å². The van der Waals surface area contributed by atoms with Crippen molar-refractivity contribution < 1.29 is 4.79 Å². The molecule has 0 aliphatic carbocycles. The minimum atomic E-state index is -0.214. The van der Waals surface area contributed by atoms with Gasteiger partial charge >= 0.3 is 0 Å². The van der Waals surface area contributed by atoms with Gasteiger partial charge in [-0.3, -0.25) is 9.69 Å². The number of benzene rings is 1. The average Bonchev–Trinajstić information content (AvgIpc) is 2.45. The summed E-state index contributed by atoms with van der Waals surface area (Å²) in [4.78, 5) is 14.5. The second-order valence-corrected chi connectivity index (χ2v) is 4.47. The molecule has 6 heteroatoms. The van der Waals surface area contributed by atoms with Crippen LogP contribution in [0.5, 0.6) is 0 Å². The lowest BCUT2D eigenvalue weighted by atomic mass is 10.0. The van der Waals surface area contributed by atoms with Crippen molar-refractivity contribution in [3.05, 3.63) is 35.9 Å². The molecule has 0 saturated heterocycles. The van der Waals surface area contributed by atoms with E-state index < -0.39 is 0 Å². The number of carbonyl (C=O) groups is 1. The third kappa shape index (κ3) is 7.14. The summed E-state index contributed by atoms with van der Waals surface area (Å²) in [6, 6.07) is 9.71. The third-order valence-electron chi connectivity index (χ3n) is 3.22. The molecule has 4 nitrogen and oxygen atoms in total. The highest BCUT2D eigenvalue weighted by Gasteiger charge is 2.25. The van der Waals surface area contributed by atoms with Gasteiger partial charge in [0.25, 0.3) is 0 Å².